The number of carbonyl (C=O) groups is 1. The van der Waals surface area contributed by atoms with Crippen LogP contribution >= 0.6 is 0 Å². The van der Waals surface area contributed by atoms with Crippen molar-refractivity contribution in [1.29, 1.82) is 0 Å². The predicted octanol–water partition coefficient (Wildman–Crippen LogP) is 4.00. The summed E-state index contributed by atoms with van der Waals surface area (Å²) in [5, 5.41) is 1.22. The van der Waals surface area contributed by atoms with Crippen LogP contribution in [0.25, 0.3) is 10.9 Å². The van der Waals surface area contributed by atoms with Crippen molar-refractivity contribution in [2.24, 2.45) is 5.92 Å². The number of carbonyl (C=O) groups excluding carboxylic acids is 1. The Bertz CT molecular complexity index is 960. The number of para-hydroxylation sites is 1. The lowest BCUT2D eigenvalue weighted by molar-refractivity contribution is -0.133. The summed E-state index contributed by atoms with van der Waals surface area (Å²) in [5.74, 6) is 0.315. The second-order valence-electron chi connectivity index (χ2n) is 7.14. The van der Waals surface area contributed by atoms with Crippen LogP contribution in [0.5, 0.6) is 0 Å². The Morgan fingerprint density at radius 3 is 2.76 bits per heavy atom. The zero-order valence-electron chi connectivity index (χ0n) is 13.8. The summed E-state index contributed by atoms with van der Waals surface area (Å²) in [6.07, 6.45) is 1.76. The van der Waals surface area contributed by atoms with Gasteiger partial charge in [-0.15, -0.1) is 0 Å². The standard InChI is InChI=1S/C21H19FN2O/c22-14-7-5-13(6-8-14)16-11-17(16)21(25)24-10-9-20-18(12-24)15-3-1-2-4-19(15)23-20/h1-8,16-17,23H,9-12H2. The Kier molecular flexibility index (Phi) is 3.20. The van der Waals surface area contributed by atoms with Gasteiger partial charge >= 0.3 is 0 Å². The molecule has 1 amide bonds. The number of amides is 1. The van der Waals surface area contributed by atoms with Gasteiger partial charge in [0.25, 0.3) is 0 Å². The Hall–Kier alpha value is -2.62. The maximum absolute atomic E-state index is 13.1. The third kappa shape index (κ3) is 2.44. The predicted molar refractivity (Wildman–Crippen MR) is 94.7 cm³/mol. The molecule has 2 heterocycles. The van der Waals surface area contributed by atoms with E-state index in [1.807, 2.05) is 17.0 Å². The SMILES string of the molecule is O=C(C1CC1c1ccc(F)cc1)N1CCc2[nH]c3ccccc3c2C1. The first kappa shape index (κ1) is 14.7. The van der Waals surface area contributed by atoms with Gasteiger partial charge in [0.1, 0.15) is 5.82 Å². The first-order chi connectivity index (χ1) is 12.2. The van der Waals surface area contributed by atoms with E-state index in [2.05, 4.69) is 17.1 Å². The lowest BCUT2D eigenvalue weighted by Gasteiger charge is -2.27. The van der Waals surface area contributed by atoms with Crippen LogP contribution < -0.4 is 0 Å². The lowest BCUT2D eigenvalue weighted by atomic mass is 10.0. The molecule has 126 valence electrons. The van der Waals surface area contributed by atoms with Crippen LogP contribution in [0.2, 0.25) is 0 Å². The zero-order chi connectivity index (χ0) is 17.0. The van der Waals surface area contributed by atoms with Crippen LogP contribution in [-0.2, 0) is 17.8 Å². The fourth-order valence-electron chi connectivity index (χ4n) is 4.14. The minimum Gasteiger partial charge on any atom is -0.358 e. The molecule has 1 N–H and O–H groups in total. The Balaban J connectivity index is 1.35. The highest BCUT2D eigenvalue weighted by atomic mass is 19.1. The van der Waals surface area contributed by atoms with Crippen molar-refractivity contribution in [3.8, 4) is 0 Å². The van der Waals surface area contributed by atoms with E-state index in [1.54, 1.807) is 12.1 Å². The third-order valence-corrected chi connectivity index (χ3v) is 5.60. The number of nitrogens with one attached hydrogen (secondary N) is 1. The molecular formula is C21H19FN2O. The van der Waals surface area contributed by atoms with E-state index in [-0.39, 0.29) is 23.6 Å². The third-order valence-electron chi connectivity index (χ3n) is 5.60. The number of H-pyrrole nitrogens is 1. The average Bonchev–Trinajstić information content (AvgIpc) is 3.35. The summed E-state index contributed by atoms with van der Waals surface area (Å²) in [6, 6.07) is 14.9. The molecule has 1 fully saturated rings. The number of halogens is 1. The average molecular weight is 334 g/mol. The minimum absolute atomic E-state index is 0.0530. The number of benzene rings is 2. The fraction of sp³-hybridized carbons (Fsp3) is 0.286. The second-order valence-corrected chi connectivity index (χ2v) is 7.14. The van der Waals surface area contributed by atoms with Crippen molar-refractivity contribution in [1.82, 2.24) is 9.88 Å². The number of rotatable bonds is 2. The summed E-state index contributed by atoms with van der Waals surface area (Å²) < 4.78 is 13.1. The van der Waals surface area contributed by atoms with Crippen LogP contribution in [0, 0.1) is 11.7 Å². The molecule has 0 saturated heterocycles. The van der Waals surface area contributed by atoms with Gasteiger partial charge < -0.3 is 9.88 Å². The number of hydrogen-bond acceptors (Lipinski definition) is 1. The summed E-state index contributed by atoms with van der Waals surface area (Å²) >= 11 is 0. The topological polar surface area (TPSA) is 36.1 Å². The number of nitrogens with zero attached hydrogens (tertiary/aromatic N) is 1. The Labute approximate surface area is 145 Å². The van der Waals surface area contributed by atoms with Gasteiger partial charge in [-0.2, -0.15) is 0 Å². The lowest BCUT2D eigenvalue weighted by Crippen LogP contribution is -2.37. The number of hydrogen-bond donors (Lipinski definition) is 1. The molecule has 2 aromatic carbocycles. The van der Waals surface area contributed by atoms with Crippen molar-refractivity contribution in [3.05, 3.63) is 71.2 Å². The van der Waals surface area contributed by atoms with Crippen molar-refractivity contribution in [3.63, 3.8) is 0 Å². The van der Waals surface area contributed by atoms with Crippen LogP contribution in [0.4, 0.5) is 4.39 Å². The minimum atomic E-state index is -0.227. The first-order valence-electron chi connectivity index (χ1n) is 8.83. The summed E-state index contributed by atoms with van der Waals surface area (Å²) in [6.45, 7) is 1.45. The van der Waals surface area contributed by atoms with Crippen molar-refractivity contribution >= 4 is 16.8 Å². The Morgan fingerprint density at radius 1 is 1.12 bits per heavy atom. The van der Waals surface area contributed by atoms with E-state index in [9.17, 15) is 9.18 Å². The van der Waals surface area contributed by atoms with Gasteiger partial charge in [0.15, 0.2) is 0 Å². The van der Waals surface area contributed by atoms with Crippen LogP contribution in [0.3, 0.4) is 0 Å². The summed E-state index contributed by atoms with van der Waals surface area (Å²) in [7, 11) is 0. The maximum atomic E-state index is 13.1. The molecule has 1 saturated carbocycles. The van der Waals surface area contributed by atoms with Crippen LogP contribution in [-0.4, -0.2) is 22.3 Å². The molecule has 0 bridgehead atoms. The zero-order valence-corrected chi connectivity index (χ0v) is 13.8. The second kappa shape index (κ2) is 5.45. The summed E-state index contributed by atoms with van der Waals surface area (Å²) in [5.41, 5.74) is 4.74. The monoisotopic (exact) mass is 334 g/mol. The molecule has 3 nitrogen and oxygen atoms in total. The van der Waals surface area contributed by atoms with Gasteiger partial charge in [-0.3, -0.25) is 4.79 Å². The highest BCUT2D eigenvalue weighted by molar-refractivity contribution is 5.87. The van der Waals surface area contributed by atoms with E-state index in [0.29, 0.717) is 6.54 Å². The van der Waals surface area contributed by atoms with E-state index in [4.69, 9.17) is 0 Å². The molecule has 1 aromatic heterocycles. The maximum Gasteiger partial charge on any atom is 0.226 e. The molecule has 25 heavy (non-hydrogen) atoms. The number of aromatic nitrogens is 1. The van der Waals surface area contributed by atoms with Crippen molar-refractivity contribution < 1.29 is 9.18 Å². The van der Waals surface area contributed by atoms with E-state index in [1.165, 1.54) is 28.8 Å². The van der Waals surface area contributed by atoms with Crippen LogP contribution in [0.1, 0.15) is 29.2 Å². The molecule has 0 radical (unpaired) electrons. The van der Waals surface area contributed by atoms with Gasteiger partial charge in [-0.25, -0.2) is 4.39 Å². The normalized spacial score (nSPS) is 22.0. The first-order valence-corrected chi connectivity index (χ1v) is 8.83. The molecule has 5 rings (SSSR count). The molecule has 1 aliphatic heterocycles. The Morgan fingerprint density at radius 2 is 1.92 bits per heavy atom. The van der Waals surface area contributed by atoms with Crippen LogP contribution in [0.15, 0.2) is 48.5 Å². The molecule has 2 unspecified atom stereocenters. The molecule has 3 aromatic rings. The number of aromatic amines is 1. The van der Waals surface area contributed by atoms with E-state index < -0.39 is 0 Å². The van der Waals surface area contributed by atoms with Gasteiger partial charge in [-0.1, -0.05) is 30.3 Å². The molecule has 2 aliphatic rings. The molecule has 1 aliphatic carbocycles. The number of fused-ring (bicyclic) bond motifs is 3. The fourth-order valence-corrected chi connectivity index (χ4v) is 4.14. The van der Waals surface area contributed by atoms with Gasteiger partial charge in [-0.05, 0) is 36.1 Å². The molecule has 0 spiro atoms. The van der Waals surface area contributed by atoms with E-state index in [0.717, 1.165) is 30.5 Å². The smallest absolute Gasteiger partial charge is 0.226 e. The van der Waals surface area contributed by atoms with Gasteiger partial charge in [0.2, 0.25) is 5.91 Å². The quantitative estimate of drug-likeness (QED) is 0.756. The summed E-state index contributed by atoms with van der Waals surface area (Å²) in [4.78, 5) is 18.4. The van der Waals surface area contributed by atoms with Gasteiger partial charge in [0.05, 0.1) is 0 Å². The van der Waals surface area contributed by atoms with Crippen molar-refractivity contribution in [2.45, 2.75) is 25.3 Å². The largest absolute Gasteiger partial charge is 0.358 e. The van der Waals surface area contributed by atoms with E-state index >= 15 is 0 Å². The molecular weight excluding hydrogens is 315 g/mol. The molecule has 2 atom stereocenters. The van der Waals surface area contributed by atoms with Crippen molar-refractivity contribution in [2.75, 3.05) is 6.54 Å². The van der Waals surface area contributed by atoms with Gasteiger partial charge in [0, 0.05) is 47.6 Å². The highest BCUT2D eigenvalue weighted by Crippen LogP contribution is 2.49. The molecule has 4 heteroatoms. The highest BCUT2D eigenvalue weighted by Gasteiger charge is 2.46.